The van der Waals surface area contributed by atoms with E-state index in [1.54, 1.807) is 38.1 Å². The fraction of sp³-hybridized carbons (Fsp3) is 0.478. The van der Waals surface area contributed by atoms with Crippen molar-refractivity contribution in [2.75, 3.05) is 13.2 Å². The largest absolute Gasteiger partial charge is 0.388 e. The van der Waals surface area contributed by atoms with Crippen LogP contribution in [0.1, 0.15) is 25.0 Å². The van der Waals surface area contributed by atoms with E-state index in [1.807, 2.05) is 0 Å². The maximum absolute atomic E-state index is 12.4. The second-order valence-electron chi connectivity index (χ2n) is 9.06. The Morgan fingerprint density at radius 3 is 1.63 bits per heavy atom. The highest BCUT2D eigenvalue weighted by atomic mass is 32.2. The van der Waals surface area contributed by atoms with Gasteiger partial charge in [0.05, 0.1) is 28.6 Å². The highest BCUT2D eigenvalue weighted by Crippen LogP contribution is 2.46. The molecule has 1 fully saturated rings. The zero-order valence-corrected chi connectivity index (χ0v) is 21.4. The molecule has 1 heterocycles. The maximum Gasteiger partial charge on any atom is 0.297 e. The van der Waals surface area contributed by atoms with Gasteiger partial charge in [-0.25, -0.2) is 0 Å². The first-order chi connectivity index (χ1) is 16.1. The Morgan fingerprint density at radius 1 is 0.829 bits per heavy atom. The summed E-state index contributed by atoms with van der Waals surface area (Å²) in [6.07, 6.45) is -4.96. The first kappa shape index (κ1) is 27.7. The van der Waals surface area contributed by atoms with Gasteiger partial charge >= 0.3 is 0 Å². The summed E-state index contributed by atoms with van der Waals surface area (Å²) in [7, 11) is -8.44. The average molecular weight is 531 g/mol. The van der Waals surface area contributed by atoms with E-state index in [9.17, 15) is 32.2 Å². The van der Waals surface area contributed by atoms with Crippen LogP contribution in [0.25, 0.3) is 0 Å². The molecular formula is C23H30O10S2. The Bertz CT molecular complexity index is 1240. The van der Waals surface area contributed by atoms with Crippen molar-refractivity contribution >= 4 is 20.2 Å². The monoisotopic (exact) mass is 530 g/mol. The molecule has 0 amide bonds. The third kappa shape index (κ3) is 5.59. The van der Waals surface area contributed by atoms with E-state index >= 15 is 0 Å². The number of benzene rings is 2. The smallest absolute Gasteiger partial charge is 0.297 e. The molecule has 0 radical (unpaired) electrons. The minimum absolute atomic E-state index is 0.116. The van der Waals surface area contributed by atoms with E-state index in [0.717, 1.165) is 11.1 Å². The summed E-state index contributed by atoms with van der Waals surface area (Å²) in [5, 5.41) is 32.4. The molecule has 0 saturated carbocycles. The van der Waals surface area contributed by atoms with Gasteiger partial charge in [-0.1, -0.05) is 35.4 Å². The standard InChI is InChI=1S/C23H30O10S2/c1-15-5-9-17(10-6-15)34(27,28)31-13-19(24)21-23(26,22(3,4)33-21)20(25)14-32-35(29,30)18-11-7-16(2)8-12-18/h5-12,19-21,24-26H,13-14H2,1-4H3. The molecule has 0 bridgehead atoms. The summed E-state index contributed by atoms with van der Waals surface area (Å²) in [5.74, 6) is 0. The summed E-state index contributed by atoms with van der Waals surface area (Å²) in [6.45, 7) is 4.84. The molecule has 0 spiro atoms. The Hall–Kier alpha value is -1.90. The van der Waals surface area contributed by atoms with Gasteiger partial charge in [-0.2, -0.15) is 16.8 Å². The van der Waals surface area contributed by atoms with Gasteiger partial charge < -0.3 is 20.1 Å². The molecule has 10 nitrogen and oxygen atoms in total. The van der Waals surface area contributed by atoms with Crippen molar-refractivity contribution in [1.29, 1.82) is 0 Å². The van der Waals surface area contributed by atoms with Gasteiger partial charge in [0.15, 0.2) is 0 Å². The predicted molar refractivity (Wildman–Crippen MR) is 125 cm³/mol. The number of aliphatic hydroxyl groups excluding tert-OH is 2. The lowest BCUT2D eigenvalue weighted by Crippen LogP contribution is -2.80. The summed E-state index contributed by atoms with van der Waals surface area (Å²) in [5.41, 5.74) is -1.90. The van der Waals surface area contributed by atoms with Crippen molar-refractivity contribution in [2.45, 2.75) is 67.0 Å². The van der Waals surface area contributed by atoms with E-state index in [0.29, 0.717) is 0 Å². The van der Waals surface area contributed by atoms with Gasteiger partial charge in [-0.3, -0.25) is 8.37 Å². The average Bonchev–Trinajstić information content (AvgIpc) is 2.79. The van der Waals surface area contributed by atoms with Gasteiger partial charge in [0.1, 0.15) is 23.9 Å². The van der Waals surface area contributed by atoms with Gasteiger partial charge in [-0.15, -0.1) is 0 Å². The zero-order valence-electron chi connectivity index (χ0n) is 19.8. The van der Waals surface area contributed by atoms with Crippen LogP contribution in [-0.2, 0) is 33.3 Å². The number of rotatable bonds is 10. The lowest BCUT2D eigenvalue weighted by molar-refractivity contribution is -0.384. The molecule has 4 atom stereocenters. The molecule has 194 valence electrons. The van der Waals surface area contributed by atoms with Gasteiger partial charge in [0.2, 0.25) is 0 Å². The fourth-order valence-corrected chi connectivity index (χ4v) is 5.66. The number of aryl methyl sites for hydroxylation is 2. The summed E-state index contributed by atoms with van der Waals surface area (Å²) >= 11 is 0. The van der Waals surface area contributed by atoms with Crippen LogP contribution < -0.4 is 0 Å². The molecular weight excluding hydrogens is 500 g/mol. The highest BCUT2D eigenvalue weighted by Gasteiger charge is 2.67. The predicted octanol–water partition coefficient (Wildman–Crippen LogP) is 1.04. The van der Waals surface area contributed by atoms with E-state index in [1.165, 1.54) is 38.1 Å². The lowest BCUT2D eigenvalue weighted by Gasteiger charge is -2.60. The van der Waals surface area contributed by atoms with Crippen molar-refractivity contribution in [3.63, 3.8) is 0 Å². The second kappa shape index (κ2) is 9.87. The van der Waals surface area contributed by atoms with Crippen LogP contribution in [-0.4, -0.2) is 74.9 Å². The van der Waals surface area contributed by atoms with Crippen LogP contribution in [0, 0.1) is 13.8 Å². The third-order valence-corrected chi connectivity index (χ3v) is 8.66. The first-order valence-corrected chi connectivity index (χ1v) is 13.6. The Labute approximate surface area is 205 Å². The van der Waals surface area contributed by atoms with E-state index in [4.69, 9.17) is 13.1 Å². The fourth-order valence-electron chi connectivity index (χ4n) is 3.82. The minimum Gasteiger partial charge on any atom is -0.388 e. The lowest BCUT2D eigenvalue weighted by atomic mass is 9.69. The van der Waals surface area contributed by atoms with E-state index in [2.05, 4.69) is 0 Å². The molecule has 1 aliphatic rings. The minimum atomic E-state index is -4.23. The molecule has 1 aliphatic heterocycles. The van der Waals surface area contributed by atoms with Crippen LogP contribution >= 0.6 is 0 Å². The molecule has 2 aromatic rings. The Balaban J connectivity index is 1.68. The number of hydrogen-bond donors (Lipinski definition) is 3. The molecule has 3 rings (SSSR count). The van der Waals surface area contributed by atoms with Crippen molar-refractivity contribution in [3.05, 3.63) is 59.7 Å². The van der Waals surface area contributed by atoms with Crippen LogP contribution in [0.4, 0.5) is 0 Å². The normalized spacial score (nSPS) is 23.9. The molecule has 35 heavy (non-hydrogen) atoms. The molecule has 0 aliphatic carbocycles. The number of hydrogen-bond acceptors (Lipinski definition) is 10. The second-order valence-corrected chi connectivity index (χ2v) is 12.3. The number of aliphatic hydroxyl groups is 3. The quantitative estimate of drug-likeness (QED) is 0.379. The zero-order chi connectivity index (χ0) is 26.2. The van der Waals surface area contributed by atoms with Crippen molar-refractivity contribution in [2.24, 2.45) is 0 Å². The van der Waals surface area contributed by atoms with Crippen LogP contribution in [0.5, 0.6) is 0 Å². The third-order valence-electron chi connectivity index (χ3n) is 6.07. The van der Waals surface area contributed by atoms with Crippen LogP contribution in [0.2, 0.25) is 0 Å². The molecule has 2 aromatic carbocycles. The molecule has 0 aromatic heterocycles. The molecule has 4 unspecified atom stereocenters. The highest BCUT2D eigenvalue weighted by molar-refractivity contribution is 7.87. The van der Waals surface area contributed by atoms with Crippen LogP contribution in [0.3, 0.4) is 0 Å². The van der Waals surface area contributed by atoms with E-state index in [-0.39, 0.29) is 9.79 Å². The number of ether oxygens (including phenoxy) is 1. The molecule has 3 N–H and O–H groups in total. The van der Waals surface area contributed by atoms with Gasteiger partial charge in [0.25, 0.3) is 20.2 Å². The van der Waals surface area contributed by atoms with Gasteiger partial charge in [0, 0.05) is 0 Å². The summed E-state index contributed by atoms with van der Waals surface area (Å²) in [6, 6.07) is 11.7. The molecule has 1 saturated heterocycles. The van der Waals surface area contributed by atoms with Crippen molar-refractivity contribution in [3.8, 4) is 0 Å². The molecule has 12 heteroatoms. The Kier molecular flexibility index (Phi) is 7.80. The van der Waals surface area contributed by atoms with Crippen molar-refractivity contribution < 1.29 is 45.3 Å². The summed E-state index contributed by atoms with van der Waals surface area (Å²) in [4.78, 5) is -0.243. The van der Waals surface area contributed by atoms with Gasteiger partial charge in [-0.05, 0) is 52.0 Å². The first-order valence-electron chi connectivity index (χ1n) is 10.8. The topological polar surface area (TPSA) is 157 Å². The van der Waals surface area contributed by atoms with E-state index < -0.39 is 63.0 Å². The summed E-state index contributed by atoms with van der Waals surface area (Å²) < 4.78 is 65.0. The Morgan fingerprint density at radius 2 is 1.23 bits per heavy atom. The van der Waals surface area contributed by atoms with Crippen LogP contribution in [0.15, 0.2) is 58.3 Å². The van der Waals surface area contributed by atoms with Crippen molar-refractivity contribution in [1.82, 2.24) is 0 Å². The maximum atomic E-state index is 12.4. The SMILES string of the molecule is Cc1ccc(S(=O)(=O)OCC(O)C2OC(C)(C)C2(O)C(O)COS(=O)(=O)c2ccc(C)cc2)cc1.